The molecule has 0 aliphatic heterocycles. The molecule has 0 saturated carbocycles. The molecule has 0 spiro atoms. The first kappa shape index (κ1) is 10.1. The number of H-pyrrole nitrogens is 1. The molecule has 0 aliphatic carbocycles. The first-order valence-electron chi connectivity index (χ1n) is 5.16. The van der Waals surface area contributed by atoms with Gasteiger partial charge in [-0.2, -0.15) is 5.10 Å². The maximum atomic E-state index is 3.86. The van der Waals surface area contributed by atoms with E-state index in [9.17, 15) is 0 Å². The number of unbranched alkanes of at least 4 members (excludes halogenated alkanes) is 4. The van der Waals surface area contributed by atoms with Crippen LogP contribution in [0.3, 0.4) is 0 Å². The largest absolute Gasteiger partial charge is 0.383 e. The Labute approximate surface area is 79.9 Å². The van der Waals surface area contributed by atoms with Crippen molar-refractivity contribution in [1.82, 2.24) is 10.2 Å². The number of hydrogen-bond donors (Lipinski definition) is 2. The lowest BCUT2D eigenvalue weighted by molar-refractivity contribution is 0.645. The molecule has 1 aromatic heterocycles. The van der Waals surface area contributed by atoms with Crippen LogP contribution in [0.15, 0.2) is 12.4 Å². The van der Waals surface area contributed by atoms with E-state index in [-0.39, 0.29) is 0 Å². The van der Waals surface area contributed by atoms with E-state index in [2.05, 4.69) is 22.4 Å². The van der Waals surface area contributed by atoms with E-state index in [1.807, 2.05) is 12.4 Å². The number of anilines is 1. The van der Waals surface area contributed by atoms with E-state index < -0.39 is 0 Å². The number of aromatic nitrogens is 2. The zero-order valence-corrected chi connectivity index (χ0v) is 8.34. The van der Waals surface area contributed by atoms with Crippen LogP contribution >= 0.6 is 0 Å². The van der Waals surface area contributed by atoms with E-state index in [4.69, 9.17) is 0 Å². The van der Waals surface area contributed by atoms with Gasteiger partial charge in [0, 0.05) is 12.7 Å². The molecule has 1 heterocycles. The summed E-state index contributed by atoms with van der Waals surface area (Å²) in [5, 5.41) is 9.95. The summed E-state index contributed by atoms with van der Waals surface area (Å²) in [4.78, 5) is 0. The average Bonchev–Trinajstić information content (AvgIpc) is 2.63. The lowest BCUT2D eigenvalue weighted by Crippen LogP contribution is -1.99. The Morgan fingerprint density at radius 3 is 2.85 bits per heavy atom. The summed E-state index contributed by atoms with van der Waals surface area (Å²) in [7, 11) is 0. The van der Waals surface area contributed by atoms with Gasteiger partial charge in [0.15, 0.2) is 0 Å². The second-order valence-corrected chi connectivity index (χ2v) is 3.33. The minimum atomic E-state index is 1.06. The molecule has 0 fully saturated rings. The summed E-state index contributed by atoms with van der Waals surface area (Å²) < 4.78 is 0. The first-order chi connectivity index (χ1) is 6.43. The fraction of sp³-hybridized carbons (Fsp3) is 0.700. The van der Waals surface area contributed by atoms with Crippen LogP contribution in [-0.2, 0) is 0 Å². The van der Waals surface area contributed by atoms with Gasteiger partial charge in [0.25, 0.3) is 0 Å². The van der Waals surface area contributed by atoms with Crippen molar-refractivity contribution in [3.05, 3.63) is 12.4 Å². The second kappa shape index (κ2) is 6.52. The molecule has 13 heavy (non-hydrogen) atoms. The summed E-state index contributed by atoms with van der Waals surface area (Å²) in [6.07, 6.45) is 10.3. The lowest BCUT2D eigenvalue weighted by Gasteiger charge is -2.02. The van der Waals surface area contributed by atoms with Gasteiger partial charge in [0.2, 0.25) is 0 Å². The molecule has 0 atom stereocenters. The molecular formula is C10H19N3. The predicted molar refractivity (Wildman–Crippen MR) is 55.8 cm³/mol. The molecule has 0 amide bonds. The molecule has 0 bridgehead atoms. The third-order valence-electron chi connectivity index (χ3n) is 2.11. The van der Waals surface area contributed by atoms with Crippen molar-refractivity contribution in [3.8, 4) is 0 Å². The quantitative estimate of drug-likeness (QED) is 0.635. The number of rotatable bonds is 7. The van der Waals surface area contributed by atoms with Crippen molar-refractivity contribution in [1.29, 1.82) is 0 Å². The molecule has 3 nitrogen and oxygen atoms in total. The maximum absolute atomic E-state index is 3.86. The minimum absolute atomic E-state index is 1.06. The van der Waals surface area contributed by atoms with E-state index in [1.54, 1.807) is 0 Å². The van der Waals surface area contributed by atoms with Crippen molar-refractivity contribution in [2.75, 3.05) is 11.9 Å². The van der Waals surface area contributed by atoms with Crippen LogP contribution in [0, 0.1) is 0 Å². The summed E-state index contributed by atoms with van der Waals surface area (Å²) in [6.45, 7) is 3.30. The smallest absolute Gasteiger partial charge is 0.0723 e. The summed E-state index contributed by atoms with van der Waals surface area (Å²) >= 11 is 0. The van der Waals surface area contributed by atoms with Gasteiger partial charge in [-0.3, -0.25) is 5.10 Å². The van der Waals surface area contributed by atoms with E-state index in [0.29, 0.717) is 0 Å². The van der Waals surface area contributed by atoms with Crippen LogP contribution < -0.4 is 5.32 Å². The van der Waals surface area contributed by atoms with E-state index >= 15 is 0 Å². The minimum Gasteiger partial charge on any atom is -0.383 e. The summed E-state index contributed by atoms with van der Waals surface area (Å²) in [5.74, 6) is 0. The number of nitrogens with one attached hydrogen (secondary N) is 2. The van der Waals surface area contributed by atoms with Crippen LogP contribution in [0.4, 0.5) is 5.69 Å². The lowest BCUT2D eigenvalue weighted by atomic mass is 10.1. The Bertz CT molecular complexity index is 194. The normalized spacial score (nSPS) is 10.2. The Morgan fingerprint density at radius 2 is 2.15 bits per heavy atom. The standard InChI is InChI=1S/C10H19N3/c1-2-3-4-5-6-7-11-10-8-12-13-9-10/h8-9,11H,2-7H2,1H3,(H,12,13). The molecule has 0 saturated heterocycles. The van der Waals surface area contributed by atoms with Crippen LogP contribution in [0.2, 0.25) is 0 Å². The van der Waals surface area contributed by atoms with Gasteiger partial charge < -0.3 is 5.32 Å². The first-order valence-corrected chi connectivity index (χ1v) is 5.16. The highest BCUT2D eigenvalue weighted by molar-refractivity contribution is 5.37. The van der Waals surface area contributed by atoms with Crippen molar-refractivity contribution in [3.63, 3.8) is 0 Å². The van der Waals surface area contributed by atoms with Gasteiger partial charge in [-0.1, -0.05) is 32.6 Å². The van der Waals surface area contributed by atoms with Crippen molar-refractivity contribution >= 4 is 5.69 Å². The molecule has 0 radical (unpaired) electrons. The van der Waals surface area contributed by atoms with Gasteiger partial charge in [-0.05, 0) is 6.42 Å². The van der Waals surface area contributed by atoms with E-state index in [1.165, 1.54) is 32.1 Å². The van der Waals surface area contributed by atoms with Crippen molar-refractivity contribution < 1.29 is 0 Å². The molecule has 2 N–H and O–H groups in total. The highest BCUT2D eigenvalue weighted by atomic mass is 15.1. The molecule has 0 aliphatic rings. The predicted octanol–water partition coefficient (Wildman–Crippen LogP) is 2.79. The van der Waals surface area contributed by atoms with Crippen molar-refractivity contribution in [2.45, 2.75) is 39.0 Å². The average molecular weight is 181 g/mol. The number of aromatic amines is 1. The fourth-order valence-corrected chi connectivity index (χ4v) is 1.31. The third-order valence-corrected chi connectivity index (χ3v) is 2.11. The molecule has 0 aromatic carbocycles. The summed E-state index contributed by atoms with van der Waals surface area (Å²) in [6, 6.07) is 0. The van der Waals surface area contributed by atoms with E-state index in [0.717, 1.165) is 12.2 Å². The third kappa shape index (κ3) is 4.55. The number of hydrogen-bond acceptors (Lipinski definition) is 2. The van der Waals surface area contributed by atoms with Crippen LogP contribution in [0.1, 0.15) is 39.0 Å². The van der Waals surface area contributed by atoms with Crippen LogP contribution in [0.25, 0.3) is 0 Å². The zero-order chi connectivity index (χ0) is 9.36. The van der Waals surface area contributed by atoms with Crippen molar-refractivity contribution in [2.24, 2.45) is 0 Å². The molecular weight excluding hydrogens is 162 g/mol. The Balaban J connectivity index is 1.90. The van der Waals surface area contributed by atoms with Gasteiger partial charge in [0.1, 0.15) is 0 Å². The molecule has 74 valence electrons. The van der Waals surface area contributed by atoms with Crippen LogP contribution in [0.5, 0.6) is 0 Å². The highest BCUT2D eigenvalue weighted by Crippen LogP contribution is 2.04. The van der Waals surface area contributed by atoms with Crippen LogP contribution in [-0.4, -0.2) is 16.7 Å². The number of nitrogens with zero attached hydrogens (tertiary/aromatic N) is 1. The maximum Gasteiger partial charge on any atom is 0.0723 e. The SMILES string of the molecule is CCCCCCCNc1cn[nH]c1. The fourth-order valence-electron chi connectivity index (χ4n) is 1.31. The zero-order valence-electron chi connectivity index (χ0n) is 8.34. The molecule has 1 rings (SSSR count). The highest BCUT2D eigenvalue weighted by Gasteiger charge is 1.91. The monoisotopic (exact) mass is 181 g/mol. The Hall–Kier alpha value is -0.990. The molecule has 3 heteroatoms. The Morgan fingerprint density at radius 1 is 1.31 bits per heavy atom. The van der Waals surface area contributed by atoms with Gasteiger partial charge >= 0.3 is 0 Å². The molecule has 0 unspecified atom stereocenters. The molecule has 1 aromatic rings. The van der Waals surface area contributed by atoms with Gasteiger partial charge in [-0.15, -0.1) is 0 Å². The topological polar surface area (TPSA) is 40.7 Å². The second-order valence-electron chi connectivity index (χ2n) is 3.33. The summed E-state index contributed by atoms with van der Waals surface area (Å²) in [5.41, 5.74) is 1.09. The Kier molecular flexibility index (Phi) is 5.06. The van der Waals surface area contributed by atoms with Gasteiger partial charge in [0.05, 0.1) is 11.9 Å². The van der Waals surface area contributed by atoms with Gasteiger partial charge in [-0.25, -0.2) is 0 Å².